The monoisotopic (exact) mass is 231 g/mol. The Bertz CT molecular complexity index is 406. The average molecular weight is 232 g/mol. The van der Waals surface area contributed by atoms with E-state index >= 15 is 0 Å². The zero-order chi connectivity index (χ0) is 11.6. The number of aromatic nitrogens is 1. The Labute approximate surface area is 91.6 Å². The molecule has 0 unspecified atom stereocenters. The summed E-state index contributed by atoms with van der Waals surface area (Å²) in [6.45, 7) is 1.59. The van der Waals surface area contributed by atoms with Gasteiger partial charge in [0.2, 0.25) is 0 Å². The number of aromatic carboxylic acids is 1. The van der Waals surface area contributed by atoms with Gasteiger partial charge in [-0.3, -0.25) is 0 Å². The SMILES string of the molecule is COc1c(C(=O)O)nc(C)c(Cl)c1OC. The predicted octanol–water partition coefficient (Wildman–Crippen LogP) is 1.76. The molecule has 5 nitrogen and oxygen atoms in total. The van der Waals surface area contributed by atoms with Crippen LogP contribution in [0.1, 0.15) is 16.2 Å². The van der Waals surface area contributed by atoms with Crippen LogP contribution in [0.4, 0.5) is 0 Å². The zero-order valence-electron chi connectivity index (χ0n) is 8.50. The van der Waals surface area contributed by atoms with Crippen LogP contribution in [0.3, 0.4) is 0 Å². The van der Waals surface area contributed by atoms with Crippen LogP contribution >= 0.6 is 11.6 Å². The van der Waals surface area contributed by atoms with Gasteiger partial charge in [0.15, 0.2) is 17.2 Å². The van der Waals surface area contributed by atoms with Gasteiger partial charge in [-0.1, -0.05) is 11.6 Å². The van der Waals surface area contributed by atoms with Gasteiger partial charge in [0.25, 0.3) is 0 Å². The first-order valence-corrected chi connectivity index (χ1v) is 4.42. The quantitative estimate of drug-likeness (QED) is 0.859. The molecule has 0 aliphatic heterocycles. The van der Waals surface area contributed by atoms with Crippen molar-refractivity contribution < 1.29 is 19.4 Å². The third-order valence-corrected chi connectivity index (χ3v) is 2.27. The fraction of sp³-hybridized carbons (Fsp3) is 0.333. The van der Waals surface area contributed by atoms with Gasteiger partial charge in [0.1, 0.15) is 5.02 Å². The number of aryl methyl sites for hydroxylation is 1. The standard InChI is InChI=1S/C9H10ClNO4/c1-4-5(10)7(14-2)8(15-3)6(11-4)9(12)13/h1-3H3,(H,12,13). The second-order valence-electron chi connectivity index (χ2n) is 2.73. The number of carboxylic acids is 1. The first-order valence-electron chi connectivity index (χ1n) is 4.04. The van der Waals surface area contributed by atoms with Crippen molar-refractivity contribution in [2.24, 2.45) is 0 Å². The zero-order valence-corrected chi connectivity index (χ0v) is 9.25. The van der Waals surface area contributed by atoms with E-state index in [2.05, 4.69) is 4.98 Å². The number of carbonyl (C=O) groups is 1. The van der Waals surface area contributed by atoms with Crippen LogP contribution in [0.2, 0.25) is 5.02 Å². The molecule has 0 saturated carbocycles. The number of hydrogen-bond donors (Lipinski definition) is 1. The Morgan fingerprint density at radius 2 is 1.87 bits per heavy atom. The highest BCUT2D eigenvalue weighted by atomic mass is 35.5. The summed E-state index contributed by atoms with van der Waals surface area (Å²) < 4.78 is 9.89. The molecular formula is C9H10ClNO4. The maximum Gasteiger partial charge on any atom is 0.358 e. The Hall–Kier alpha value is -1.49. The number of rotatable bonds is 3. The molecular weight excluding hydrogens is 222 g/mol. The van der Waals surface area contributed by atoms with Gasteiger partial charge in [0, 0.05) is 0 Å². The lowest BCUT2D eigenvalue weighted by Crippen LogP contribution is -2.07. The summed E-state index contributed by atoms with van der Waals surface area (Å²) in [4.78, 5) is 14.7. The van der Waals surface area contributed by atoms with Crippen LogP contribution in [0, 0.1) is 6.92 Å². The lowest BCUT2D eigenvalue weighted by molar-refractivity contribution is 0.0685. The molecule has 0 bridgehead atoms. The second kappa shape index (κ2) is 4.35. The lowest BCUT2D eigenvalue weighted by Gasteiger charge is -2.12. The van der Waals surface area contributed by atoms with Crippen LogP contribution in [0.15, 0.2) is 0 Å². The third kappa shape index (κ3) is 1.97. The third-order valence-electron chi connectivity index (χ3n) is 1.83. The number of halogens is 1. The normalized spacial score (nSPS) is 9.87. The molecule has 0 saturated heterocycles. The number of nitrogens with zero attached hydrogens (tertiary/aromatic N) is 1. The minimum absolute atomic E-state index is 0.0283. The summed E-state index contributed by atoms with van der Waals surface area (Å²) in [7, 11) is 2.71. The molecule has 1 N–H and O–H groups in total. The first-order chi connectivity index (χ1) is 7.02. The van der Waals surface area contributed by atoms with Gasteiger partial charge in [-0.25, -0.2) is 9.78 Å². The van der Waals surface area contributed by atoms with E-state index in [9.17, 15) is 4.79 Å². The van der Waals surface area contributed by atoms with E-state index in [-0.39, 0.29) is 22.2 Å². The highest BCUT2D eigenvalue weighted by Crippen LogP contribution is 2.38. The van der Waals surface area contributed by atoms with E-state index in [1.807, 2.05) is 0 Å². The Morgan fingerprint density at radius 3 is 2.27 bits per heavy atom. The fourth-order valence-corrected chi connectivity index (χ4v) is 1.36. The van der Waals surface area contributed by atoms with Gasteiger partial charge in [0.05, 0.1) is 19.9 Å². The van der Waals surface area contributed by atoms with Crippen molar-refractivity contribution in [1.29, 1.82) is 0 Å². The van der Waals surface area contributed by atoms with E-state index in [1.54, 1.807) is 6.92 Å². The summed E-state index contributed by atoms with van der Waals surface area (Å²) >= 11 is 5.89. The molecule has 0 atom stereocenters. The van der Waals surface area contributed by atoms with Crippen LogP contribution in [-0.2, 0) is 0 Å². The molecule has 0 amide bonds. The summed E-state index contributed by atoms with van der Waals surface area (Å²) in [5.74, 6) is -0.977. The highest BCUT2D eigenvalue weighted by Gasteiger charge is 2.22. The van der Waals surface area contributed by atoms with Gasteiger partial charge in [-0.15, -0.1) is 0 Å². The van der Waals surface area contributed by atoms with Crippen molar-refractivity contribution in [3.8, 4) is 11.5 Å². The molecule has 1 aromatic heterocycles. The van der Waals surface area contributed by atoms with E-state index in [4.69, 9.17) is 26.2 Å². The maximum atomic E-state index is 10.9. The molecule has 0 radical (unpaired) electrons. The predicted molar refractivity (Wildman–Crippen MR) is 54.0 cm³/mol. The molecule has 1 rings (SSSR count). The van der Waals surface area contributed by atoms with Gasteiger partial charge >= 0.3 is 5.97 Å². The van der Waals surface area contributed by atoms with Crippen molar-refractivity contribution in [2.45, 2.75) is 6.92 Å². The Balaban J connectivity index is 3.54. The summed E-state index contributed by atoms with van der Waals surface area (Å²) in [6.07, 6.45) is 0. The van der Waals surface area contributed by atoms with Crippen molar-refractivity contribution in [1.82, 2.24) is 4.98 Å². The molecule has 1 heterocycles. The van der Waals surface area contributed by atoms with Crippen LogP contribution in [0.25, 0.3) is 0 Å². The van der Waals surface area contributed by atoms with E-state index in [0.29, 0.717) is 5.69 Å². The van der Waals surface area contributed by atoms with Crippen molar-refractivity contribution in [3.63, 3.8) is 0 Å². The Kier molecular flexibility index (Phi) is 3.36. The first kappa shape index (κ1) is 11.6. The van der Waals surface area contributed by atoms with Crippen molar-refractivity contribution in [2.75, 3.05) is 14.2 Å². The summed E-state index contributed by atoms with van der Waals surface area (Å²) in [5.41, 5.74) is 0.169. The van der Waals surface area contributed by atoms with E-state index < -0.39 is 5.97 Å². The average Bonchev–Trinajstić information content (AvgIpc) is 2.20. The minimum atomic E-state index is -1.19. The van der Waals surface area contributed by atoms with Gasteiger partial charge in [-0.2, -0.15) is 0 Å². The van der Waals surface area contributed by atoms with Crippen molar-refractivity contribution in [3.05, 3.63) is 16.4 Å². The van der Waals surface area contributed by atoms with Crippen LogP contribution in [-0.4, -0.2) is 30.3 Å². The molecule has 0 fully saturated rings. The van der Waals surface area contributed by atoms with Gasteiger partial charge in [-0.05, 0) is 6.92 Å². The lowest BCUT2D eigenvalue weighted by atomic mass is 10.2. The van der Waals surface area contributed by atoms with Crippen LogP contribution in [0.5, 0.6) is 11.5 Å². The largest absolute Gasteiger partial charge is 0.491 e. The van der Waals surface area contributed by atoms with E-state index in [0.717, 1.165) is 0 Å². The Morgan fingerprint density at radius 1 is 1.33 bits per heavy atom. The minimum Gasteiger partial charge on any atom is -0.491 e. The number of pyridine rings is 1. The molecule has 6 heteroatoms. The molecule has 0 aromatic carbocycles. The maximum absolute atomic E-state index is 10.9. The molecule has 0 aliphatic rings. The summed E-state index contributed by atoms with van der Waals surface area (Å²) in [5, 5.41) is 9.14. The van der Waals surface area contributed by atoms with E-state index in [1.165, 1.54) is 14.2 Å². The number of carboxylic acid groups (broad SMARTS) is 1. The molecule has 1 aromatic rings. The van der Waals surface area contributed by atoms with Gasteiger partial charge < -0.3 is 14.6 Å². The molecule has 0 spiro atoms. The fourth-order valence-electron chi connectivity index (χ4n) is 1.16. The number of ether oxygens (including phenoxy) is 2. The number of methoxy groups -OCH3 is 2. The second-order valence-corrected chi connectivity index (χ2v) is 3.11. The molecule has 0 aliphatic carbocycles. The molecule has 15 heavy (non-hydrogen) atoms. The number of hydrogen-bond acceptors (Lipinski definition) is 4. The highest BCUT2D eigenvalue weighted by molar-refractivity contribution is 6.33. The van der Waals surface area contributed by atoms with Crippen molar-refractivity contribution >= 4 is 17.6 Å². The summed E-state index contributed by atoms with van der Waals surface area (Å²) in [6, 6.07) is 0. The topological polar surface area (TPSA) is 68.7 Å². The molecule has 82 valence electrons. The smallest absolute Gasteiger partial charge is 0.358 e. The van der Waals surface area contributed by atoms with Crippen LogP contribution < -0.4 is 9.47 Å².